The second-order valence-electron chi connectivity index (χ2n) is 4.97. The molecule has 0 spiro atoms. The summed E-state index contributed by atoms with van der Waals surface area (Å²) < 4.78 is 2.00. The Hall–Kier alpha value is -3.30. The number of Topliss-reactive ketones (excluding diaryl/α,β-unsaturated/α-hetero) is 2. The number of carbonyl (C=O) groups excluding carboxylic acids is 2. The first kappa shape index (κ1) is 13.7. The summed E-state index contributed by atoms with van der Waals surface area (Å²) in [5.41, 5.74) is 2.81. The van der Waals surface area contributed by atoms with Crippen molar-refractivity contribution in [3.63, 3.8) is 0 Å². The molecule has 2 aromatic carbocycles. The summed E-state index contributed by atoms with van der Waals surface area (Å²) in [6.07, 6.45) is 10.4. The normalized spacial score (nSPS) is 10.3. The molecule has 0 aliphatic rings. The Morgan fingerprint density at radius 3 is 1.64 bits per heavy atom. The van der Waals surface area contributed by atoms with Crippen LogP contribution < -0.4 is 0 Å². The summed E-state index contributed by atoms with van der Waals surface area (Å²) in [6.45, 7) is 0. The van der Waals surface area contributed by atoms with Crippen molar-refractivity contribution in [2.75, 3.05) is 0 Å². The van der Waals surface area contributed by atoms with Crippen molar-refractivity contribution in [2.24, 2.45) is 7.05 Å². The molecule has 1 aromatic heterocycles. The van der Waals surface area contributed by atoms with E-state index in [1.165, 1.54) is 0 Å². The zero-order valence-corrected chi connectivity index (χ0v) is 11.9. The Morgan fingerprint density at radius 1 is 0.864 bits per heavy atom. The van der Waals surface area contributed by atoms with E-state index in [4.69, 9.17) is 12.8 Å². The molecule has 0 unspecified atom stereocenters. The zero-order chi connectivity index (χ0) is 15.9. The van der Waals surface area contributed by atoms with Crippen LogP contribution in [0.1, 0.15) is 20.7 Å². The number of terminal acetylenes is 2. The van der Waals surface area contributed by atoms with Gasteiger partial charge >= 0.3 is 0 Å². The number of aromatic nitrogens is 1. The van der Waals surface area contributed by atoms with Gasteiger partial charge in [0.25, 0.3) is 0 Å². The lowest BCUT2D eigenvalue weighted by molar-refractivity contribution is 0.104. The van der Waals surface area contributed by atoms with E-state index in [-0.39, 0.29) is 11.6 Å². The summed E-state index contributed by atoms with van der Waals surface area (Å²) >= 11 is 0. The maximum Gasteiger partial charge on any atom is 0.235 e. The number of hydrogen-bond donors (Lipinski definition) is 0. The number of ketones is 2. The third-order valence-electron chi connectivity index (χ3n) is 3.79. The fourth-order valence-electron chi connectivity index (χ4n) is 2.67. The largest absolute Gasteiger partial charge is 0.344 e. The van der Waals surface area contributed by atoms with Crippen molar-refractivity contribution in [3.8, 4) is 24.7 Å². The highest BCUT2D eigenvalue weighted by molar-refractivity contribution is 6.17. The van der Waals surface area contributed by atoms with Crippen molar-refractivity contribution < 1.29 is 9.59 Å². The Balaban J connectivity index is 2.39. The first-order valence-electron chi connectivity index (χ1n) is 6.61. The summed E-state index contributed by atoms with van der Waals surface area (Å²) in [5, 5.41) is 1.73. The van der Waals surface area contributed by atoms with Crippen LogP contribution in [0.5, 0.6) is 0 Å². The smallest absolute Gasteiger partial charge is 0.235 e. The van der Waals surface area contributed by atoms with Crippen molar-refractivity contribution >= 4 is 33.4 Å². The van der Waals surface area contributed by atoms with Crippen molar-refractivity contribution in [1.29, 1.82) is 0 Å². The topological polar surface area (TPSA) is 39.1 Å². The van der Waals surface area contributed by atoms with Gasteiger partial charge in [-0.1, -0.05) is 0 Å². The highest BCUT2D eigenvalue weighted by Crippen LogP contribution is 2.30. The molecular weight excluding hydrogens is 274 g/mol. The maximum absolute atomic E-state index is 11.7. The lowest BCUT2D eigenvalue weighted by atomic mass is 10.0. The van der Waals surface area contributed by atoms with Crippen LogP contribution in [0.2, 0.25) is 0 Å². The molecule has 0 bridgehead atoms. The molecule has 3 aromatic rings. The predicted molar refractivity (Wildman–Crippen MR) is 86.8 cm³/mol. The third kappa shape index (κ3) is 1.89. The average molecular weight is 285 g/mol. The van der Waals surface area contributed by atoms with Gasteiger partial charge in [0.05, 0.1) is 0 Å². The van der Waals surface area contributed by atoms with E-state index in [0.717, 1.165) is 21.8 Å². The molecule has 3 nitrogen and oxygen atoms in total. The molecule has 0 N–H and O–H groups in total. The van der Waals surface area contributed by atoms with Gasteiger partial charge in [-0.25, -0.2) is 0 Å². The fraction of sp³-hybridized carbons (Fsp3) is 0.0526. The number of nitrogens with zero attached hydrogens (tertiary/aromatic N) is 1. The molecule has 3 heteroatoms. The van der Waals surface area contributed by atoms with E-state index in [2.05, 4.69) is 11.8 Å². The van der Waals surface area contributed by atoms with Gasteiger partial charge in [0.15, 0.2) is 0 Å². The van der Waals surface area contributed by atoms with Crippen LogP contribution in [0.25, 0.3) is 21.8 Å². The standard InChI is InChI=1S/C19H11NO2/c1-4-18(21)12-6-8-16-14(10-12)15-11-13(19(22)5-2)7-9-17(15)20(16)3/h1-2,6-11H,3H3. The second-order valence-corrected chi connectivity index (χ2v) is 4.97. The quantitative estimate of drug-likeness (QED) is 0.412. The van der Waals surface area contributed by atoms with E-state index in [1.807, 2.05) is 23.7 Å². The van der Waals surface area contributed by atoms with Gasteiger partial charge in [-0.15, -0.1) is 12.8 Å². The SMILES string of the molecule is C#CC(=O)c1ccc2c(c1)c1cc(C(=O)C#C)ccc1n2C. The van der Waals surface area contributed by atoms with Crippen LogP contribution in [0, 0.1) is 24.7 Å². The van der Waals surface area contributed by atoms with Gasteiger partial charge < -0.3 is 4.57 Å². The van der Waals surface area contributed by atoms with E-state index in [9.17, 15) is 9.59 Å². The predicted octanol–water partition coefficient (Wildman–Crippen LogP) is 2.96. The molecule has 0 aliphatic carbocycles. The molecular formula is C19H11NO2. The average Bonchev–Trinajstić information content (AvgIpc) is 2.85. The molecule has 0 atom stereocenters. The minimum atomic E-state index is -0.366. The second kappa shape index (κ2) is 4.91. The van der Waals surface area contributed by atoms with Crippen molar-refractivity contribution in [2.45, 2.75) is 0 Å². The van der Waals surface area contributed by atoms with Crippen LogP contribution in [0.15, 0.2) is 36.4 Å². The van der Waals surface area contributed by atoms with Crippen LogP contribution in [0.4, 0.5) is 0 Å². The molecule has 3 rings (SSSR count). The van der Waals surface area contributed by atoms with Crippen LogP contribution in [-0.2, 0) is 7.05 Å². The van der Waals surface area contributed by atoms with Crippen molar-refractivity contribution in [3.05, 3.63) is 47.5 Å². The van der Waals surface area contributed by atoms with Gasteiger partial charge in [-0.2, -0.15) is 0 Å². The minimum absolute atomic E-state index is 0.366. The first-order chi connectivity index (χ1) is 10.6. The third-order valence-corrected chi connectivity index (χ3v) is 3.79. The molecule has 0 fully saturated rings. The minimum Gasteiger partial charge on any atom is -0.344 e. The van der Waals surface area contributed by atoms with E-state index < -0.39 is 0 Å². The highest BCUT2D eigenvalue weighted by atomic mass is 16.1. The molecule has 0 saturated heterocycles. The molecule has 104 valence electrons. The van der Waals surface area contributed by atoms with E-state index >= 15 is 0 Å². The molecule has 1 heterocycles. The Morgan fingerprint density at radius 2 is 1.27 bits per heavy atom. The van der Waals surface area contributed by atoms with Gasteiger partial charge in [-0.3, -0.25) is 9.59 Å². The number of rotatable bonds is 2. The number of fused-ring (bicyclic) bond motifs is 3. The Kier molecular flexibility index (Phi) is 3.05. The first-order valence-corrected chi connectivity index (χ1v) is 6.61. The van der Waals surface area contributed by atoms with Gasteiger partial charge in [0, 0.05) is 40.0 Å². The van der Waals surface area contributed by atoms with Gasteiger partial charge in [0.2, 0.25) is 11.6 Å². The van der Waals surface area contributed by atoms with Gasteiger partial charge in [-0.05, 0) is 48.2 Å². The fourth-order valence-corrected chi connectivity index (χ4v) is 2.67. The van der Waals surface area contributed by atoms with Crippen molar-refractivity contribution in [1.82, 2.24) is 4.57 Å². The molecule has 0 radical (unpaired) electrons. The van der Waals surface area contributed by atoms with Gasteiger partial charge in [0.1, 0.15) is 0 Å². The maximum atomic E-state index is 11.7. The number of benzene rings is 2. The molecule has 0 amide bonds. The summed E-state index contributed by atoms with van der Waals surface area (Å²) in [4.78, 5) is 23.4. The Bertz CT molecular complexity index is 956. The zero-order valence-electron chi connectivity index (χ0n) is 11.9. The Labute approximate surface area is 127 Å². The molecule has 0 aliphatic heterocycles. The summed E-state index contributed by atoms with van der Waals surface area (Å²) in [5.74, 6) is 3.49. The van der Waals surface area contributed by atoms with Crippen LogP contribution in [-0.4, -0.2) is 16.1 Å². The number of hydrogen-bond acceptors (Lipinski definition) is 2. The lowest BCUT2D eigenvalue weighted by Gasteiger charge is -1.98. The van der Waals surface area contributed by atoms with E-state index in [1.54, 1.807) is 24.3 Å². The monoisotopic (exact) mass is 285 g/mol. The highest BCUT2D eigenvalue weighted by Gasteiger charge is 2.13. The van der Waals surface area contributed by atoms with E-state index in [0.29, 0.717) is 11.1 Å². The van der Waals surface area contributed by atoms with Crippen LogP contribution in [0.3, 0.4) is 0 Å². The summed E-state index contributed by atoms with van der Waals surface area (Å²) in [6, 6.07) is 10.6. The van der Waals surface area contributed by atoms with Crippen LogP contribution >= 0.6 is 0 Å². The number of aryl methyl sites for hydroxylation is 1. The lowest BCUT2D eigenvalue weighted by Crippen LogP contribution is -1.94. The number of carbonyl (C=O) groups is 2. The summed E-state index contributed by atoms with van der Waals surface area (Å²) in [7, 11) is 1.93. The molecule has 22 heavy (non-hydrogen) atoms. The molecule has 0 saturated carbocycles.